The number of aromatic amines is 1. The Kier molecular flexibility index (Phi) is 6.65. The zero-order valence-corrected chi connectivity index (χ0v) is 21.4. The number of anilines is 4. The number of rotatable bonds is 7. The number of nitrogens with one attached hydrogen (secondary N) is 3. The lowest BCUT2D eigenvalue weighted by molar-refractivity contribution is 0.210. The van der Waals surface area contributed by atoms with Crippen LogP contribution >= 0.6 is 0 Å². The molecule has 1 aliphatic carbocycles. The van der Waals surface area contributed by atoms with Gasteiger partial charge in [0.1, 0.15) is 5.82 Å². The van der Waals surface area contributed by atoms with Gasteiger partial charge in [-0.05, 0) is 56.4 Å². The van der Waals surface area contributed by atoms with Crippen molar-refractivity contribution in [3.63, 3.8) is 0 Å². The minimum absolute atomic E-state index is 0.00253. The average molecular weight is 502 g/mol. The fourth-order valence-electron chi connectivity index (χ4n) is 5.19. The molecular weight excluding hydrogens is 466 g/mol. The molecule has 1 aromatic carbocycles. The van der Waals surface area contributed by atoms with Crippen LogP contribution in [-0.2, 0) is 6.54 Å². The zero-order chi connectivity index (χ0) is 25.2. The number of carbonyl (C=O) groups excluding carboxylic acids is 1. The molecule has 1 unspecified atom stereocenters. The molecule has 3 aromatic rings. The van der Waals surface area contributed by atoms with E-state index >= 15 is 0 Å². The van der Waals surface area contributed by atoms with E-state index in [0.29, 0.717) is 12.0 Å². The van der Waals surface area contributed by atoms with E-state index < -0.39 is 0 Å². The summed E-state index contributed by atoms with van der Waals surface area (Å²) >= 11 is 0. The van der Waals surface area contributed by atoms with Gasteiger partial charge in [0.2, 0.25) is 5.95 Å². The summed E-state index contributed by atoms with van der Waals surface area (Å²) in [5, 5.41) is 13.8. The number of carbonyl (C=O) groups is 1. The van der Waals surface area contributed by atoms with Crippen LogP contribution in [0.2, 0.25) is 0 Å². The molecule has 2 aliphatic heterocycles. The predicted molar refractivity (Wildman–Crippen MR) is 144 cm³/mol. The molecule has 0 radical (unpaired) electrons. The number of urea groups is 1. The van der Waals surface area contributed by atoms with Gasteiger partial charge in [-0.15, -0.1) is 0 Å². The number of hydrogen-bond acceptors (Lipinski definition) is 7. The first-order chi connectivity index (χ1) is 18.1. The van der Waals surface area contributed by atoms with Crippen molar-refractivity contribution < 1.29 is 4.79 Å². The minimum atomic E-state index is 0.00253. The third kappa shape index (κ3) is 5.69. The quantitative estimate of drug-likeness (QED) is 0.446. The smallest absolute Gasteiger partial charge is 0.322 e. The molecular formula is C27H35N9O. The molecule has 3 fully saturated rings. The summed E-state index contributed by atoms with van der Waals surface area (Å²) in [7, 11) is 0. The summed E-state index contributed by atoms with van der Waals surface area (Å²) in [5.74, 6) is 2.94. The van der Waals surface area contributed by atoms with Crippen LogP contribution in [0.5, 0.6) is 0 Å². The second-order valence-corrected chi connectivity index (χ2v) is 10.4. The molecule has 4 heterocycles. The van der Waals surface area contributed by atoms with Crippen molar-refractivity contribution in [1.29, 1.82) is 0 Å². The maximum atomic E-state index is 12.5. The Morgan fingerprint density at radius 1 is 1.03 bits per heavy atom. The van der Waals surface area contributed by atoms with Crippen molar-refractivity contribution in [3.05, 3.63) is 53.9 Å². The molecule has 2 saturated heterocycles. The average Bonchev–Trinajstić information content (AvgIpc) is 3.51. The van der Waals surface area contributed by atoms with Crippen molar-refractivity contribution in [1.82, 2.24) is 30.0 Å². The maximum Gasteiger partial charge on any atom is 0.322 e. The molecule has 3 N–H and O–H groups in total. The molecule has 2 aromatic heterocycles. The van der Waals surface area contributed by atoms with Crippen LogP contribution in [0.25, 0.3) is 0 Å². The molecule has 10 nitrogen and oxygen atoms in total. The Morgan fingerprint density at radius 2 is 1.84 bits per heavy atom. The zero-order valence-electron chi connectivity index (χ0n) is 21.4. The fraction of sp³-hybridized carbons (Fsp3) is 0.481. The van der Waals surface area contributed by atoms with Gasteiger partial charge in [0, 0.05) is 74.9 Å². The molecule has 10 heteroatoms. The number of H-pyrrole nitrogens is 1. The number of hydrogen-bond donors (Lipinski definition) is 3. The van der Waals surface area contributed by atoms with E-state index in [0.717, 1.165) is 75.4 Å². The van der Waals surface area contributed by atoms with E-state index in [1.807, 2.05) is 23.1 Å². The van der Waals surface area contributed by atoms with Crippen LogP contribution in [0.3, 0.4) is 0 Å². The van der Waals surface area contributed by atoms with Gasteiger partial charge in [0.05, 0.1) is 0 Å². The lowest BCUT2D eigenvalue weighted by atomic mass is 10.2. The summed E-state index contributed by atoms with van der Waals surface area (Å²) in [6, 6.07) is 12.5. The molecule has 3 aliphatic rings. The van der Waals surface area contributed by atoms with E-state index in [1.54, 1.807) is 6.20 Å². The summed E-state index contributed by atoms with van der Waals surface area (Å²) < 4.78 is 0. The Bertz CT molecular complexity index is 1210. The number of likely N-dealkylation sites (tertiary alicyclic amines) is 1. The largest absolute Gasteiger partial charge is 0.338 e. The minimum Gasteiger partial charge on any atom is -0.338 e. The Hall–Kier alpha value is -3.66. The second-order valence-electron chi connectivity index (χ2n) is 10.4. The Labute approximate surface area is 217 Å². The van der Waals surface area contributed by atoms with Crippen LogP contribution in [0.15, 0.2) is 42.6 Å². The van der Waals surface area contributed by atoms with Crippen LogP contribution in [0.1, 0.15) is 49.8 Å². The molecule has 1 atom stereocenters. The highest BCUT2D eigenvalue weighted by molar-refractivity contribution is 5.89. The van der Waals surface area contributed by atoms with Crippen molar-refractivity contribution in [2.24, 2.45) is 0 Å². The highest BCUT2D eigenvalue weighted by Crippen LogP contribution is 2.39. The van der Waals surface area contributed by atoms with Crippen LogP contribution in [0, 0.1) is 0 Å². The van der Waals surface area contributed by atoms with Gasteiger partial charge in [0.15, 0.2) is 5.82 Å². The van der Waals surface area contributed by atoms with E-state index in [1.165, 1.54) is 24.1 Å². The first kappa shape index (κ1) is 23.7. The molecule has 2 amide bonds. The van der Waals surface area contributed by atoms with Crippen molar-refractivity contribution in [3.8, 4) is 0 Å². The van der Waals surface area contributed by atoms with Gasteiger partial charge in [0.25, 0.3) is 0 Å². The highest BCUT2D eigenvalue weighted by atomic mass is 16.2. The first-order valence-corrected chi connectivity index (χ1v) is 13.4. The molecule has 6 rings (SSSR count). The van der Waals surface area contributed by atoms with Crippen molar-refractivity contribution in [2.75, 3.05) is 48.3 Å². The van der Waals surface area contributed by atoms with Gasteiger partial charge in [-0.25, -0.2) is 9.78 Å². The second kappa shape index (κ2) is 10.4. The number of amides is 2. The lowest BCUT2D eigenvalue weighted by Gasteiger charge is -2.34. The summed E-state index contributed by atoms with van der Waals surface area (Å²) in [5.41, 5.74) is 3.29. The van der Waals surface area contributed by atoms with Gasteiger partial charge < -0.3 is 20.4 Å². The molecule has 194 valence electrons. The summed E-state index contributed by atoms with van der Waals surface area (Å²) in [6.45, 7) is 7.47. The van der Waals surface area contributed by atoms with Gasteiger partial charge in [-0.3, -0.25) is 10.00 Å². The Morgan fingerprint density at radius 3 is 2.57 bits per heavy atom. The lowest BCUT2D eigenvalue weighted by Crippen LogP contribution is -2.46. The fourth-order valence-corrected chi connectivity index (χ4v) is 5.19. The van der Waals surface area contributed by atoms with E-state index in [9.17, 15) is 4.79 Å². The number of piperazine rings is 1. The van der Waals surface area contributed by atoms with Gasteiger partial charge in [-0.1, -0.05) is 12.1 Å². The van der Waals surface area contributed by atoms with Crippen molar-refractivity contribution >= 4 is 29.3 Å². The van der Waals surface area contributed by atoms with E-state index in [2.05, 4.69) is 60.7 Å². The third-order valence-corrected chi connectivity index (χ3v) is 7.59. The van der Waals surface area contributed by atoms with Gasteiger partial charge >= 0.3 is 6.03 Å². The van der Waals surface area contributed by atoms with E-state index in [4.69, 9.17) is 4.98 Å². The SMILES string of the molecule is CC1CCCN1C(=O)Nc1ccc(CN2CCN(c3nccc(Nc4cc(C5CC5)[nH]n4)n3)CC2)cc1. The monoisotopic (exact) mass is 501 g/mol. The third-order valence-electron chi connectivity index (χ3n) is 7.59. The number of nitrogens with zero attached hydrogens (tertiary/aromatic N) is 6. The molecule has 1 saturated carbocycles. The number of aromatic nitrogens is 4. The predicted octanol–water partition coefficient (Wildman–Crippen LogP) is 4.16. The first-order valence-electron chi connectivity index (χ1n) is 13.4. The standard InChI is InChI=1S/C27H35N9O/c1-19-3-2-12-36(19)27(37)29-22-8-4-20(5-9-22)18-34-13-15-35(16-14-34)26-28-11-10-24(31-26)30-25-17-23(32-33-25)21-6-7-21/h4-5,8-11,17,19,21H,2-3,6-7,12-16,18H2,1H3,(H,29,37)(H2,28,30,31,32,33). The van der Waals surface area contributed by atoms with Crippen LogP contribution in [-0.4, -0.2) is 74.8 Å². The van der Waals surface area contributed by atoms with E-state index in [-0.39, 0.29) is 6.03 Å². The summed E-state index contributed by atoms with van der Waals surface area (Å²) in [6.07, 6.45) is 6.46. The maximum absolute atomic E-state index is 12.5. The van der Waals surface area contributed by atoms with Crippen LogP contribution < -0.4 is 15.5 Å². The number of benzene rings is 1. The normalized spacial score (nSPS) is 20.3. The molecule has 0 bridgehead atoms. The van der Waals surface area contributed by atoms with Crippen molar-refractivity contribution in [2.45, 2.75) is 51.1 Å². The molecule has 0 spiro atoms. The highest BCUT2D eigenvalue weighted by Gasteiger charge is 2.26. The summed E-state index contributed by atoms with van der Waals surface area (Å²) in [4.78, 5) is 28.3. The Balaban J connectivity index is 0.986. The van der Waals surface area contributed by atoms with Gasteiger partial charge in [-0.2, -0.15) is 10.1 Å². The van der Waals surface area contributed by atoms with Crippen LogP contribution in [0.4, 0.5) is 28.1 Å². The molecule has 37 heavy (non-hydrogen) atoms. The topological polar surface area (TPSA) is 105 Å².